The lowest BCUT2D eigenvalue weighted by molar-refractivity contribution is -0.150. The van der Waals surface area contributed by atoms with Gasteiger partial charge < -0.3 is 20.1 Å². The minimum Gasteiger partial charge on any atom is -0.504 e. The molecular weight excluding hydrogens is 492 g/mol. The van der Waals surface area contributed by atoms with Gasteiger partial charge in [-0.2, -0.15) is 0 Å². The Morgan fingerprint density at radius 2 is 1.92 bits per heavy atom. The Morgan fingerprint density at radius 3 is 2.72 bits per heavy atom. The lowest BCUT2D eigenvalue weighted by atomic mass is 9.50. The van der Waals surface area contributed by atoms with Gasteiger partial charge in [0.2, 0.25) is 11.7 Å². The van der Waals surface area contributed by atoms with Crippen molar-refractivity contribution in [2.24, 2.45) is 40.9 Å². The first kappa shape index (κ1) is 24.8. The van der Waals surface area contributed by atoms with Crippen molar-refractivity contribution in [1.82, 2.24) is 10.3 Å². The van der Waals surface area contributed by atoms with E-state index < -0.39 is 22.9 Å². The number of rotatable bonds is 2. The third-order valence-corrected chi connectivity index (χ3v) is 11.2. The van der Waals surface area contributed by atoms with Gasteiger partial charge in [-0.3, -0.25) is 14.4 Å². The molecule has 3 fully saturated rings. The summed E-state index contributed by atoms with van der Waals surface area (Å²) in [4.78, 5) is 45.5. The molecule has 5 aliphatic rings. The number of nitrogens with one attached hydrogen (secondary N) is 2. The summed E-state index contributed by atoms with van der Waals surface area (Å²) >= 11 is 0. The number of aromatic amines is 1. The number of carbonyl (C=O) groups excluding carboxylic acids is 3. The highest BCUT2D eigenvalue weighted by molar-refractivity contribution is 6.11. The highest BCUT2D eigenvalue weighted by Gasteiger charge is 2.78. The van der Waals surface area contributed by atoms with Gasteiger partial charge in [0.1, 0.15) is 11.2 Å². The van der Waals surface area contributed by atoms with Gasteiger partial charge >= 0.3 is 0 Å². The van der Waals surface area contributed by atoms with Gasteiger partial charge in [0.05, 0.1) is 11.7 Å². The number of para-hydroxylation sites is 1. The summed E-state index contributed by atoms with van der Waals surface area (Å²) in [6.45, 7) is 8.09. The van der Waals surface area contributed by atoms with Crippen LogP contribution in [0.15, 0.2) is 53.9 Å². The van der Waals surface area contributed by atoms with Crippen LogP contribution in [0.4, 0.5) is 0 Å². The maximum absolute atomic E-state index is 14.7. The molecule has 1 spiro atoms. The van der Waals surface area contributed by atoms with Gasteiger partial charge in [0.25, 0.3) is 0 Å². The number of aliphatic hydroxyl groups is 1. The van der Waals surface area contributed by atoms with Crippen molar-refractivity contribution in [3.05, 3.63) is 59.5 Å². The molecule has 0 bridgehead atoms. The van der Waals surface area contributed by atoms with Gasteiger partial charge in [-0.15, -0.1) is 0 Å². The van der Waals surface area contributed by atoms with E-state index in [-0.39, 0.29) is 65.5 Å². The standard InChI is InChI=1S/C32H36N2O5/c1-15-8-7-10-21-29-31(4,39-29)17(3)26-23(12-18-14-33-22-11-6-5-9-19(18)22)34-30(38)32(21,26)24(35)13-20-25(15)16(2)27(36)28(20)37/h5-7,9-11,14-15,17,20-21,23,25-26,29,33,36H,8,12-13H2,1-4H3,(H,34,38)/b10-7+/t15-,17-,20+,21-,23-,25-,26-,29-,31+,32?/m0/s1. The zero-order valence-corrected chi connectivity index (χ0v) is 22.9. The first-order valence-electron chi connectivity index (χ1n) is 14.3. The summed E-state index contributed by atoms with van der Waals surface area (Å²) in [5.74, 6) is -2.51. The zero-order chi connectivity index (χ0) is 27.4. The highest BCUT2D eigenvalue weighted by atomic mass is 16.6. The molecule has 10 atom stereocenters. The van der Waals surface area contributed by atoms with Crippen LogP contribution >= 0.6 is 0 Å². The summed E-state index contributed by atoms with van der Waals surface area (Å²) < 4.78 is 6.36. The van der Waals surface area contributed by atoms with Gasteiger partial charge in [0, 0.05) is 47.3 Å². The van der Waals surface area contributed by atoms with Crippen molar-refractivity contribution in [3.63, 3.8) is 0 Å². The van der Waals surface area contributed by atoms with Gasteiger partial charge in [-0.25, -0.2) is 0 Å². The third kappa shape index (κ3) is 3.11. The van der Waals surface area contributed by atoms with Gasteiger partial charge in [-0.05, 0) is 61.6 Å². The van der Waals surface area contributed by atoms with E-state index in [0.29, 0.717) is 18.4 Å². The molecular formula is C32H36N2O5. The SMILES string of the molecule is CC1=C(O)C(=O)[C@@H]2CC(=O)C34C(=O)N[C@@H](Cc5c[nH]c6ccccc56)[C@@H]3[C@H](C)[C@@]3(C)O[C@H]3[C@@H]4/C=C/C[C@H](C)[C@@H]12. The largest absolute Gasteiger partial charge is 0.504 e. The lowest BCUT2D eigenvalue weighted by Gasteiger charge is -2.46. The van der Waals surface area contributed by atoms with E-state index in [9.17, 15) is 19.5 Å². The minimum atomic E-state index is -1.31. The van der Waals surface area contributed by atoms with Crippen LogP contribution in [-0.2, 0) is 25.5 Å². The van der Waals surface area contributed by atoms with E-state index >= 15 is 0 Å². The molecule has 204 valence electrons. The molecule has 1 amide bonds. The van der Waals surface area contributed by atoms with Crippen LogP contribution in [-0.4, -0.2) is 45.3 Å². The molecule has 1 saturated carbocycles. The van der Waals surface area contributed by atoms with Gasteiger partial charge in [0.15, 0.2) is 5.76 Å². The molecule has 0 radical (unpaired) electrons. The quantitative estimate of drug-likeness (QED) is 0.303. The number of H-pyrrole nitrogens is 1. The van der Waals surface area contributed by atoms with Crippen molar-refractivity contribution >= 4 is 28.4 Å². The molecule has 7 rings (SSSR count). The second kappa shape index (κ2) is 8.17. The number of fused-ring (bicyclic) bond motifs is 4. The number of aliphatic hydroxyl groups excluding tert-OH is 1. The average Bonchev–Trinajstić information content (AvgIpc) is 3.21. The first-order valence-corrected chi connectivity index (χ1v) is 14.3. The molecule has 2 aliphatic heterocycles. The van der Waals surface area contributed by atoms with E-state index in [1.165, 1.54) is 0 Å². The normalized spacial score (nSPS) is 43.9. The molecule has 2 aromatic rings. The summed E-state index contributed by atoms with van der Waals surface area (Å²) in [7, 11) is 0. The van der Waals surface area contributed by atoms with Crippen molar-refractivity contribution in [3.8, 4) is 0 Å². The van der Waals surface area contributed by atoms with E-state index in [1.54, 1.807) is 6.92 Å². The number of ketones is 2. The van der Waals surface area contributed by atoms with Crippen molar-refractivity contribution in [2.75, 3.05) is 0 Å². The van der Waals surface area contributed by atoms with E-state index in [2.05, 4.69) is 49.3 Å². The average molecular weight is 529 g/mol. The lowest BCUT2D eigenvalue weighted by Crippen LogP contribution is -2.58. The molecule has 7 heteroatoms. The Kier molecular flexibility index (Phi) is 5.20. The fourth-order valence-corrected chi connectivity index (χ4v) is 9.05. The van der Waals surface area contributed by atoms with E-state index in [1.807, 2.05) is 24.4 Å². The smallest absolute Gasteiger partial charge is 0.235 e. The number of amides is 1. The minimum absolute atomic E-state index is 0.0422. The molecule has 3 N–H and O–H groups in total. The Hall–Kier alpha value is -3.19. The maximum atomic E-state index is 14.7. The first-order chi connectivity index (χ1) is 18.6. The second-order valence-corrected chi connectivity index (χ2v) is 12.9. The predicted molar refractivity (Wildman–Crippen MR) is 146 cm³/mol. The number of allylic oxidation sites excluding steroid dienone is 3. The summed E-state index contributed by atoms with van der Waals surface area (Å²) in [6.07, 6.45) is 7.17. The number of Topliss-reactive ketones (excluding diaryl/α,β-unsaturated/α-hetero) is 2. The zero-order valence-electron chi connectivity index (χ0n) is 22.9. The monoisotopic (exact) mass is 528 g/mol. The number of hydrogen-bond donors (Lipinski definition) is 3. The number of epoxide rings is 1. The molecule has 7 nitrogen and oxygen atoms in total. The molecule has 1 aromatic carbocycles. The number of carbonyl (C=O) groups is 3. The Bertz CT molecular complexity index is 1490. The molecule has 1 unspecified atom stereocenters. The summed E-state index contributed by atoms with van der Waals surface area (Å²) in [5, 5.41) is 15.0. The molecule has 3 heterocycles. The highest BCUT2D eigenvalue weighted by Crippen LogP contribution is 2.66. The van der Waals surface area contributed by atoms with E-state index in [4.69, 9.17) is 4.74 Å². The van der Waals surface area contributed by atoms with Crippen molar-refractivity contribution in [1.29, 1.82) is 0 Å². The maximum Gasteiger partial charge on any atom is 0.235 e. The van der Waals surface area contributed by atoms with Crippen LogP contribution in [0.3, 0.4) is 0 Å². The second-order valence-electron chi connectivity index (χ2n) is 12.9. The Balaban J connectivity index is 1.34. The number of ether oxygens (including phenoxy) is 1. The molecule has 2 saturated heterocycles. The van der Waals surface area contributed by atoms with Crippen LogP contribution in [0, 0.1) is 40.9 Å². The number of hydrogen-bond acceptors (Lipinski definition) is 5. The number of aromatic nitrogens is 1. The van der Waals surface area contributed by atoms with Crippen LogP contribution in [0.5, 0.6) is 0 Å². The summed E-state index contributed by atoms with van der Waals surface area (Å²) in [5.41, 5.74) is 1.08. The Morgan fingerprint density at radius 1 is 1.15 bits per heavy atom. The molecule has 3 aliphatic carbocycles. The molecule has 39 heavy (non-hydrogen) atoms. The Labute approximate surface area is 228 Å². The fraction of sp³-hybridized carbons (Fsp3) is 0.531. The van der Waals surface area contributed by atoms with Crippen molar-refractivity contribution in [2.45, 2.75) is 64.7 Å². The van der Waals surface area contributed by atoms with Crippen LogP contribution in [0.1, 0.15) is 46.1 Å². The summed E-state index contributed by atoms with van der Waals surface area (Å²) in [6, 6.07) is 7.86. The number of benzene rings is 1. The predicted octanol–water partition coefficient (Wildman–Crippen LogP) is 4.44. The third-order valence-electron chi connectivity index (χ3n) is 11.2. The van der Waals surface area contributed by atoms with Crippen LogP contribution in [0.2, 0.25) is 0 Å². The van der Waals surface area contributed by atoms with Crippen LogP contribution < -0.4 is 5.32 Å². The van der Waals surface area contributed by atoms with Crippen LogP contribution in [0.25, 0.3) is 10.9 Å². The van der Waals surface area contributed by atoms with Gasteiger partial charge in [-0.1, -0.05) is 44.2 Å². The topological polar surface area (TPSA) is 112 Å². The van der Waals surface area contributed by atoms with Crippen molar-refractivity contribution < 1.29 is 24.2 Å². The fourth-order valence-electron chi connectivity index (χ4n) is 9.05. The molecule has 1 aromatic heterocycles. The van der Waals surface area contributed by atoms with E-state index in [0.717, 1.165) is 16.5 Å².